The number of rotatable bonds is 7. The Balaban J connectivity index is 2.01. The summed E-state index contributed by atoms with van der Waals surface area (Å²) in [6.45, 7) is 5.81. The van der Waals surface area contributed by atoms with E-state index in [1.807, 2.05) is 13.8 Å². The van der Waals surface area contributed by atoms with Gasteiger partial charge in [-0.2, -0.15) is 0 Å². The minimum absolute atomic E-state index is 0.0428. The van der Waals surface area contributed by atoms with Crippen LogP contribution >= 0.6 is 23.4 Å². The van der Waals surface area contributed by atoms with E-state index in [0.717, 1.165) is 0 Å². The molecule has 0 aliphatic rings. The van der Waals surface area contributed by atoms with Crippen molar-refractivity contribution in [2.24, 2.45) is 0 Å². The lowest BCUT2D eigenvalue weighted by Gasteiger charge is -2.12. The maximum atomic E-state index is 12.3. The summed E-state index contributed by atoms with van der Waals surface area (Å²) in [7, 11) is 0. The second kappa shape index (κ2) is 9.03. The van der Waals surface area contributed by atoms with Gasteiger partial charge in [0.05, 0.1) is 23.7 Å². The number of nitrogens with one attached hydrogen (secondary N) is 2. The van der Waals surface area contributed by atoms with Gasteiger partial charge in [0.25, 0.3) is 5.56 Å². The van der Waals surface area contributed by atoms with E-state index >= 15 is 0 Å². The highest BCUT2D eigenvalue weighted by Gasteiger charge is 2.16. The highest BCUT2D eigenvalue weighted by Crippen LogP contribution is 2.21. The van der Waals surface area contributed by atoms with Gasteiger partial charge in [-0.05, 0) is 45.0 Å². The van der Waals surface area contributed by atoms with Gasteiger partial charge >= 0.3 is 0 Å². The molecule has 1 aromatic heterocycles. The summed E-state index contributed by atoms with van der Waals surface area (Å²) >= 11 is 7.00. The van der Waals surface area contributed by atoms with Crippen LogP contribution in [0.1, 0.15) is 26.5 Å². The molecule has 0 bridgehead atoms. The average Bonchev–Trinajstić information content (AvgIpc) is 2.54. The van der Waals surface area contributed by atoms with Gasteiger partial charge in [-0.1, -0.05) is 23.4 Å². The minimum atomic E-state index is -0.444. The first-order valence-corrected chi connectivity index (χ1v) is 9.04. The smallest absolute Gasteiger partial charge is 0.251 e. The summed E-state index contributed by atoms with van der Waals surface area (Å²) < 4.78 is 5.46. The number of ether oxygens (including phenoxy) is 1. The van der Waals surface area contributed by atoms with Gasteiger partial charge in [0.15, 0.2) is 5.16 Å². The standard InChI is InChI=1S/C17H20ClN3O3S/c1-10(2)24-9-14-8-15(22)21-17(20-14)25-11(3)16(23)19-13-6-4-12(18)5-7-13/h4-8,10-11H,9H2,1-3H3,(H,19,23)(H,20,21,22). The molecule has 0 fully saturated rings. The number of amides is 1. The number of halogens is 1. The van der Waals surface area contributed by atoms with Crippen molar-refractivity contribution in [3.63, 3.8) is 0 Å². The van der Waals surface area contributed by atoms with Crippen LogP contribution in [0.4, 0.5) is 5.69 Å². The van der Waals surface area contributed by atoms with E-state index in [2.05, 4.69) is 15.3 Å². The molecule has 1 heterocycles. The van der Waals surface area contributed by atoms with E-state index in [-0.39, 0.29) is 24.2 Å². The maximum absolute atomic E-state index is 12.3. The Labute approximate surface area is 155 Å². The molecule has 0 spiro atoms. The quantitative estimate of drug-likeness (QED) is 0.566. The number of H-pyrrole nitrogens is 1. The van der Waals surface area contributed by atoms with Crippen LogP contribution in [0.15, 0.2) is 40.3 Å². The zero-order valence-corrected chi connectivity index (χ0v) is 15.8. The summed E-state index contributed by atoms with van der Waals surface area (Å²) in [5.41, 5.74) is 0.915. The van der Waals surface area contributed by atoms with Crippen LogP contribution in [0.3, 0.4) is 0 Å². The third-order valence-electron chi connectivity index (χ3n) is 3.11. The summed E-state index contributed by atoms with van der Waals surface area (Å²) in [6, 6.07) is 8.24. The largest absolute Gasteiger partial charge is 0.373 e. The van der Waals surface area contributed by atoms with E-state index in [4.69, 9.17) is 16.3 Å². The third kappa shape index (κ3) is 6.53. The number of aromatic amines is 1. The van der Waals surface area contributed by atoms with Crippen LogP contribution in [0.25, 0.3) is 0 Å². The SMILES string of the molecule is CC(C)OCc1cc(=O)[nH]c(SC(C)C(=O)Nc2ccc(Cl)cc2)n1. The van der Waals surface area contributed by atoms with E-state index in [0.29, 0.717) is 21.6 Å². The van der Waals surface area contributed by atoms with Crippen LogP contribution in [0.2, 0.25) is 5.02 Å². The Morgan fingerprint density at radius 3 is 2.64 bits per heavy atom. The third-order valence-corrected chi connectivity index (χ3v) is 4.34. The zero-order chi connectivity index (χ0) is 18.4. The number of anilines is 1. The van der Waals surface area contributed by atoms with Crippen LogP contribution in [0.5, 0.6) is 0 Å². The van der Waals surface area contributed by atoms with E-state index in [9.17, 15) is 9.59 Å². The second-order valence-corrected chi connectivity index (χ2v) is 7.42. The molecule has 134 valence electrons. The van der Waals surface area contributed by atoms with Gasteiger partial charge in [0.2, 0.25) is 5.91 Å². The molecule has 2 N–H and O–H groups in total. The van der Waals surface area contributed by atoms with Gasteiger partial charge in [0.1, 0.15) is 0 Å². The molecular formula is C17H20ClN3O3S. The normalized spacial score (nSPS) is 12.2. The van der Waals surface area contributed by atoms with Crippen molar-refractivity contribution >= 4 is 35.0 Å². The minimum Gasteiger partial charge on any atom is -0.373 e. The van der Waals surface area contributed by atoms with Gasteiger partial charge in [-0.25, -0.2) is 4.98 Å². The fraction of sp³-hybridized carbons (Fsp3) is 0.353. The van der Waals surface area contributed by atoms with Crippen LogP contribution in [-0.2, 0) is 16.1 Å². The predicted molar refractivity (Wildman–Crippen MR) is 100 cm³/mol. The molecule has 25 heavy (non-hydrogen) atoms. The first-order valence-electron chi connectivity index (χ1n) is 7.78. The van der Waals surface area contributed by atoms with Gasteiger partial charge in [-0.3, -0.25) is 9.59 Å². The molecule has 0 aliphatic heterocycles. The molecule has 0 saturated carbocycles. The fourth-order valence-electron chi connectivity index (χ4n) is 1.86. The monoisotopic (exact) mass is 381 g/mol. The molecule has 6 nitrogen and oxygen atoms in total. The molecule has 1 amide bonds. The number of hydrogen-bond acceptors (Lipinski definition) is 5. The van der Waals surface area contributed by atoms with Gasteiger partial charge in [-0.15, -0.1) is 0 Å². The van der Waals surface area contributed by atoms with E-state index in [1.165, 1.54) is 17.8 Å². The van der Waals surface area contributed by atoms with Gasteiger partial charge < -0.3 is 15.0 Å². The Kier molecular flexibility index (Phi) is 7.04. The van der Waals surface area contributed by atoms with Crippen molar-refractivity contribution in [1.29, 1.82) is 0 Å². The maximum Gasteiger partial charge on any atom is 0.251 e. The fourth-order valence-corrected chi connectivity index (χ4v) is 2.82. The average molecular weight is 382 g/mol. The lowest BCUT2D eigenvalue weighted by atomic mass is 10.3. The lowest BCUT2D eigenvalue weighted by molar-refractivity contribution is -0.115. The summed E-state index contributed by atoms with van der Waals surface area (Å²) in [5.74, 6) is -0.196. The molecule has 0 radical (unpaired) electrons. The van der Waals surface area contributed by atoms with Gasteiger partial charge in [0, 0.05) is 16.8 Å². The summed E-state index contributed by atoms with van der Waals surface area (Å²) in [4.78, 5) is 31.0. The number of carbonyl (C=O) groups is 1. The first-order chi connectivity index (χ1) is 11.8. The van der Waals surface area contributed by atoms with Crippen molar-refractivity contribution in [2.75, 3.05) is 5.32 Å². The molecule has 2 rings (SSSR count). The van der Waals surface area contributed by atoms with Crippen LogP contribution in [-0.4, -0.2) is 27.2 Å². The Morgan fingerprint density at radius 2 is 2.00 bits per heavy atom. The molecule has 2 aromatic rings. The topological polar surface area (TPSA) is 84.1 Å². The number of carbonyl (C=O) groups excluding carboxylic acids is 1. The van der Waals surface area contributed by atoms with Crippen LogP contribution in [0, 0.1) is 0 Å². The van der Waals surface area contributed by atoms with E-state index in [1.54, 1.807) is 31.2 Å². The summed E-state index contributed by atoms with van der Waals surface area (Å²) in [6.07, 6.45) is 0.0428. The molecule has 0 saturated heterocycles. The lowest BCUT2D eigenvalue weighted by Crippen LogP contribution is -2.23. The van der Waals surface area contributed by atoms with Crippen molar-refractivity contribution < 1.29 is 9.53 Å². The Hall–Kier alpha value is -1.83. The highest BCUT2D eigenvalue weighted by molar-refractivity contribution is 8.00. The summed E-state index contributed by atoms with van der Waals surface area (Å²) in [5, 5.41) is 3.33. The van der Waals surface area contributed by atoms with E-state index < -0.39 is 5.25 Å². The molecule has 1 unspecified atom stereocenters. The number of hydrogen-bond donors (Lipinski definition) is 2. The van der Waals surface area contributed by atoms with Crippen molar-refractivity contribution in [2.45, 2.75) is 43.9 Å². The molecule has 1 atom stereocenters. The number of thioether (sulfide) groups is 1. The van der Waals surface area contributed by atoms with Crippen LogP contribution < -0.4 is 10.9 Å². The molecular weight excluding hydrogens is 362 g/mol. The number of nitrogens with zero attached hydrogens (tertiary/aromatic N) is 1. The van der Waals surface area contributed by atoms with Crippen molar-refractivity contribution in [1.82, 2.24) is 9.97 Å². The van der Waals surface area contributed by atoms with Crippen molar-refractivity contribution in [3.05, 3.63) is 51.4 Å². The first kappa shape index (κ1) is 19.5. The predicted octanol–water partition coefficient (Wildman–Crippen LogP) is 3.47. The number of benzene rings is 1. The highest BCUT2D eigenvalue weighted by atomic mass is 35.5. The molecule has 0 aliphatic carbocycles. The van der Waals surface area contributed by atoms with Crippen molar-refractivity contribution in [3.8, 4) is 0 Å². The molecule has 8 heteroatoms. The zero-order valence-electron chi connectivity index (χ0n) is 14.2. The number of aromatic nitrogens is 2. The second-order valence-electron chi connectivity index (χ2n) is 5.66. The Morgan fingerprint density at radius 1 is 1.32 bits per heavy atom. The Bertz CT molecular complexity index is 777. The molecule has 1 aromatic carbocycles.